The first-order chi connectivity index (χ1) is 5.24. The molecule has 2 nitrogen and oxygen atoms in total. The third-order valence-corrected chi connectivity index (χ3v) is 1.24. The molecule has 0 fully saturated rings. The molecule has 0 aliphatic carbocycles. The molecule has 0 amide bonds. The van der Waals surface area contributed by atoms with Crippen molar-refractivity contribution in [3.8, 4) is 0 Å². The summed E-state index contributed by atoms with van der Waals surface area (Å²) in [6.07, 6.45) is 3.76. The van der Waals surface area contributed by atoms with Crippen LogP contribution in [0, 0.1) is 0 Å². The number of rotatable bonds is 4. The molecule has 0 unspecified atom stereocenters. The molecule has 0 spiro atoms. The summed E-state index contributed by atoms with van der Waals surface area (Å²) in [5.41, 5.74) is 0. The van der Waals surface area contributed by atoms with Crippen molar-refractivity contribution >= 4 is 0 Å². The SMILES string of the molecule is C/C=C(\C=C(/C)OCC)OC. The zero-order valence-corrected chi connectivity index (χ0v) is 7.68. The van der Waals surface area contributed by atoms with Crippen LogP contribution in [-0.4, -0.2) is 13.7 Å². The Kier molecular flexibility index (Phi) is 5.35. The van der Waals surface area contributed by atoms with E-state index in [1.165, 1.54) is 0 Å². The molecule has 0 aliphatic rings. The van der Waals surface area contributed by atoms with E-state index < -0.39 is 0 Å². The number of hydrogen-bond acceptors (Lipinski definition) is 2. The molecule has 64 valence electrons. The van der Waals surface area contributed by atoms with Crippen LogP contribution in [-0.2, 0) is 9.47 Å². The van der Waals surface area contributed by atoms with Gasteiger partial charge in [0.2, 0.25) is 0 Å². The molecule has 0 heterocycles. The largest absolute Gasteiger partial charge is 0.498 e. The van der Waals surface area contributed by atoms with Crippen molar-refractivity contribution in [3.05, 3.63) is 23.7 Å². The van der Waals surface area contributed by atoms with Crippen LogP contribution in [0.15, 0.2) is 23.7 Å². The van der Waals surface area contributed by atoms with Crippen LogP contribution in [0.3, 0.4) is 0 Å². The van der Waals surface area contributed by atoms with Crippen molar-refractivity contribution in [2.24, 2.45) is 0 Å². The van der Waals surface area contributed by atoms with Crippen molar-refractivity contribution in [1.82, 2.24) is 0 Å². The van der Waals surface area contributed by atoms with Crippen LogP contribution in [0.2, 0.25) is 0 Å². The van der Waals surface area contributed by atoms with Gasteiger partial charge in [-0.1, -0.05) is 0 Å². The second kappa shape index (κ2) is 5.83. The molecule has 0 atom stereocenters. The van der Waals surface area contributed by atoms with E-state index in [1.54, 1.807) is 7.11 Å². The van der Waals surface area contributed by atoms with Gasteiger partial charge >= 0.3 is 0 Å². The zero-order chi connectivity index (χ0) is 8.69. The lowest BCUT2D eigenvalue weighted by Crippen LogP contribution is -1.89. The van der Waals surface area contributed by atoms with Gasteiger partial charge in [0.1, 0.15) is 5.76 Å². The summed E-state index contributed by atoms with van der Waals surface area (Å²) in [6.45, 7) is 6.49. The standard InChI is InChI=1S/C9H16O2/c1-5-9(10-4)7-8(3)11-6-2/h5,7H,6H2,1-4H3/b8-7+,9-5+. The molecular formula is C9H16O2. The van der Waals surface area contributed by atoms with Gasteiger partial charge in [-0.15, -0.1) is 0 Å². The van der Waals surface area contributed by atoms with Gasteiger partial charge in [-0.05, 0) is 26.8 Å². The van der Waals surface area contributed by atoms with E-state index in [2.05, 4.69) is 0 Å². The van der Waals surface area contributed by atoms with Crippen LogP contribution in [0.4, 0.5) is 0 Å². The summed E-state index contributed by atoms with van der Waals surface area (Å²) >= 11 is 0. The molecule has 2 heteroatoms. The summed E-state index contributed by atoms with van der Waals surface area (Å²) in [6, 6.07) is 0. The van der Waals surface area contributed by atoms with E-state index in [0.717, 1.165) is 11.5 Å². The van der Waals surface area contributed by atoms with Gasteiger partial charge in [-0.3, -0.25) is 0 Å². The lowest BCUT2D eigenvalue weighted by atomic mass is 10.4. The Morgan fingerprint density at radius 1 is 1.45 bits per heavy atom. The molecule has 0 saturated carbocycles. The van der Waals surface area contributed by atoms with Crippen LogP contribution < -0.4 is 0 Å². The average molecular weight is 156 g/mol. The molecule has 0 aromatic heterocycles. The Morgan fingerprint density at radius 2 is 2.09 bits per heavy atom. The molecular weight excluding hydrogens is 140 g/mol. The third kappa shape index (κ3) is 4.48. The van der Waals surface area contributed by atoms with Crippen LogP contribution >= 0.6 is 0 Å². The monoisotopic (exact) mass is 156 g/mol. The van der Waals surface area contributed by atoms with E-state index in [0.29, 0.717) is 6.61 Å². The molecule has 0 N–H and O–H groups in total. The van der Waals surface area contributed by atoms with Gasteiger partial charge in [0.25, 0.3) is 0 Å². The molecule has 0 radical (unpaired) electrons. The topological polar surface area (TPSA) is 18.5 Å². The van der Waals surface area contributed by atoms with Crippen LogP contribution in [0.5, 0.6) is 0 Å². The van der Waals surface area contributed by atoms with E-state index >= 15 is 0 Å². The number of allylic oxidation sites excluding steroid dienone is 3. The lowest BCUT2D eigenvalue weighted by Gasteiger charge is -2.03. The minimum absolute atomic E-state index is 0.697. The smallest absolute Gasteiger partial charge is 0.117 e. The Labute approximate surface area is 68.5 Å². The van der Waals surface area contributed by atoms with Gasteiger partial charge in [0.05, 0.1) is 19.5 Å². The molecule has 0 rings (SSSR count). The quantitative estimate of drug-likeness (QED) is 0.460. The molecule has 0 saturated heterocycles. The number of hydrogen-bond donors (Lipinski definition) is 0. The minimum Gasteiger partial charge on any atom is -0.498 e. The van der Waals surface area contributed by atoms with Crippen molar-refractivity contribution in [2.45, 2.75) is 20.8 Å². The summed E-state index contributed by atoms with van der Waals surface area (Å²) in [5.74, 6) is 1.71. The maximum Gasteiger partial charge on any atom is 0.117 e. The molecule has 0 aromatic rings. The lowest BCUT2D eigenvalue weighted by molar-refractivity contribution is 0.226. The van der Waals surface area contributed by atoms with Crippen molar-refractivity contribution in [1.29, 1.82) is 0 Å². The van der Waals surface area contributed by atoms with E-state index in [-0.39, 0.29) is 0 Å². The fraction of sp³-hybridized carbons (Fsp3) is 0.556. The highest BCUT2D eigenvalue weighted by Crippen LogP contribution is 2.03. The predicted octanol–water partition coefficient (Wildman–Crippen LogP) is 2.48. The van der Waals surface area contributed by atoms with E-state index in [9.17, 15) is 0 Å². The van der Waals surface area contributed by atoms with Crippen LogP contribution in [0.1, 0.15) is 20.8 Å². The Morgan fingerprint density at radius 3 is 2.45 bits per heavy atom. The average Bonchev–Trinajstić information content (AvgIpc) is 2.01. The van der Waals surface area contributed by atoms with Gasteiger partial charge in [-0.2, -0.15) is 0 Å². The molecule has 0 aromatic carbocycles. The van der Waals surface area contributed by atoms with E-state index in [4.69, 9.17) is 9.47 Å². The van der Waals surface area contributed by atoms with Gasteiger partial charge in [-0.25, -0.2) is 0 Å². The highest BCUT2D eigenvalue weighted by molar-refractivity contribution is 5.13. The number of ether oxygens (including phenoxy) is 2. The van der Waals surface area contributed by atoms with E-state index in [1.807, 2.05) is 32.9 Å². The first-order valence-electron chi connectivity index (χ1n) is 3.76. The summed E-state index contributed by atoms with van der Waals surface area (Å²) in [4.78, 5) is 0. The first-order valence-corrected chi connectivity index (χ1v) is 3.76. The maximum atomic E-state index is 5.22. The second-order valence-electron chi connectivity index (χ2n) is 2.08. The number of methoxy groups -OCH3 is 1. The Hall–Kier alpha value is -0.920. The zero-order valence-electron chi connectivity index (χ0n) is 7.68. The molecule has 11 heavy (non-hydrogen) atoms. The summed E-state index contributed by atoms with van der Waals surface area (Å²) < 4.78 is 10.2. The Balaban J connectivity index is 4.04. The van der Waals surface area contributed by atoms with Crippen molar-refractivity contribution in [2.75, 3.05) is 13.7 Å². The third-order valence-electron chi connectivity index (χ3n) is 1.24. The summed E-state index contributed by atoms with van der Waals surface area (Å²) in [5, 5.41) is 0. The summed E-state index contributed by atoms with van der Waals surface area (Å²) in [7, 11) is 1.64. The van der Waals surface area contributed by atoms with Crippen LogP contribution in [0.25, 0.3) is 0 Å². The molecule has 0 aliphatic heterocycles. The fourth-order valence-corrected chi connectivity index (χ4v) is 0.730. The van der Waals surface area contributed by atoms with Crippen molar-refractivity contribution in [3.63, 3.8) is 0 Å². The van der Waals surface area contributed by atoms with Gasteiger partial charge in [0.15, 0.2) is 0 Å². The first kappa shape index (κ1) is 10.1. The molecule has 0 bridgehead atoms. The fourth-order valence-electron chi connectivity index (χ4n) is 0.730. The highest BCUT2D eigenvalue weighted by atomic mass is 16.5. The van der Waals surface area contributed by atoms with Gasteiger partial charge < -0.3 is 9.47 Å². The highest BCUT2D eigenvalue weighted by Gasteiger charge is 1.90. The maximum absolute atomic E-state index is 5.22. The van der Waals surface area contributed by atoms with Crippen molar-refractivity contribution < 1.29 is 9.47 Å². The predicted molar refractivity (Wildman–Crippen MR) is 46.1 cm³/mol. The normalized spacial score (nSPS) is 13.1. The second-order valence-corrected chi connectivity index (χ2v) is 2.08. The minimum atomic E-state index is 0.697. The van der Waals surface area contributed by atoms with Gasteiger partial charge in [0, 0.05) is 6.08 Å². The Bertz CT molecular complexity index is 157.